The minimum Gasteiger partial charge on any atom is -0.369 e. The Balaban J connectivity index is 1.42. The van der Waals surface area contributed by atoms with E-state index < -0.39 is 5.41 Å². The molecule has 0 bridgehead atoms. The number of piperazine rings is 1. The summed E-state index contributed by atoms with van der Waals surface area (Å²) in [5.41, 5.74) is 9.33. The topological polar surface area (TPSA) is 104 Å². The van der Waals surface area contributed by atoms with Crippen LogP contribution in [0.5, 0.6) is 0 Å². The average molecular weight is 538 g/mol. The van der Waals surface area contributed by atoms with Crippen molar-refractivity contribution in [3.8, 4) is 6.07 Å². The number of anilines is 3. The first-order valence-electron chi connectivity index (χ1n) is 13.3. The van der Waals surface area contributed by atoms with Crippen molar-refractivity contribution < 1.29 is 4.79 Å². The van der Waals surface area contributed by atoms with Crippen LogP contribution in [0.25, 0.3) is 5.70 Å². The van der Waals surface area contributed by atoms with E-state index in [4.69, 9.17) is 0 Å². The molecule has 0 saturated carbocycles. The van der Waals surface area contributed by atoms with Gasteiger partial charge in [-0.05, 0) is 69.3 Å². The number of aryl methyl sites for hydroxylation is 1. The zero-order chi connectivity index (χ0) is 28.4. The molecule has 0 unspecified atom stereocenters. The van der Waals surface area contributed by atoms with Crippen LogP contribution in [0.15, 0.2) is 61.3 Å². The molecule has 1 fully saturated rings. The third kappa shape index (κ3) is 5.61. The van der Waals surface area contributed by atoms with E-state index >= 15 is 0 Å². The molecule has 1 amide bonds. The van der Waals surface area contributed by atoms with Crippen molar-refractivity contribution in [2.75, 3.05) is 55.5 Å². The van der Waals surface area contributed by atoms with Crippen molar-refractivity contribution in [3.05, 3.63) is 83.6 Å². The number of benzene rings is 2. The van der Waals surface area contributed by atoms with Crippen molar-refractivity contribution in [1.29, 1.82) is 5.26 Å². The lowest BCUT2D eigenvalue weighted by atomic mass is 9.85. The number of rotatable bonds is 6. The van der Waals surface area contributed by atoms with Gasteiger partial charge in [-0.1, -0.05) is 6.07 Å². The molecule has 2 N–H and O–H groups in total. The largest absolute Gasteiger partial charge is 0.369 e. The fraction of sp³-hybridized carbons (Fsp3) is 0.333. The summed E-state index contributed by atoms with van der Waals surface area (Å²) in [6.45, 7) is 9.44. The van der Waals surface area contributed by atoms with Gasteiger partial charge in [0.25, 0.3) is 5.91 Å². The van der Waals surface area contributed by atoms with Gasteiger partial charge in [0.05, 0.1) is 22.9 Å². The molecule has 0 atom stereocenters. The number of hydrogen-bond donors (Lipinski definition) is 2. The highest BCUT2D eigenvalue weighted by Gasteiger charge is 2.25. The first kappa shape index (κ1) is 27.1. The van der Waals surface area contributed by atoms with Crippen LogP contribution >= 0.6 is 0 Å². The molecule has 3 heterocycles. The van der Waals surface area contributed by atoms with Gasteiger partial charge in [-0.25, -0.2) is 9.97 Å². The summed E-state index contributed by atoms with van der Waals surface area (Å²) in [7, 11) is 4.04. The Morgan fingerprint density at radius 2 is 1.77 bits per heavy atom. The number of nitrogens with zero attached hydrogens (tertiary/aromatic N) is 7. The Hall–Kier alpha value is -4.46. The molecule has 2 aliphatic rings. The summed E-state index contributed by atoms with van der Waals surface area (Å²) < 4.78 is 0. The molecule has 1 saturated heterocycles. The number of amides is 1. The lowest BCUT2D eigenvalue weighted by Gasteiger charge is -2.35. The Kier molecular flexibility index (Phi) is 7.43. The third-order valence-electron chi connectivity index (χ3n) is 7.50. The number of hydrogen-bond acceptors (Lipinski definition) is 9. The summed E-state index contributed by atoms with van der Waals surface area (Å²) in [6, 6.07) is 14.0. The molecular formula is C30H35N9O. The second-order valence-electron chi connectivity index (χ2n) is 10.9. The van der Waals surface area contributed by atoms with Crippen LogP contribution in [0.4, 0.5) is 17.1 Å². The normalized spacial score (nSPS) is 16.1. The molecule has 1 aromatic heterocycles. The van der Waals surface area contributed by atoms with Crippen molar-refractivity contribution in [2.45, 2.75) is 26.2 Å². The van der Waals surface area contributed by atoms with E-state index in [1.807, 2.05) is 80.4 Å². The van der Waals surface area contributed by atoms with Gasteiger partial charge in [-0.3, -0.25) is 14.8 Å². The van der Waals surface area contributed by atoms with Crippen molar-refractivity contribution in [1.82, 2.24) is 25.4 Å². The SMILES string of the molecule is Cc1ccc(NC(=O)c2cc(N3CCN(C)CC3)cc(C(C)(C)C#N)c2)cc1N1C=C(c2cncnc2)N(C)N1. The van der Waals surface area contributed by atoms with Gasteiger partial charge in [-0.15, -0.1) is 5.53 Å². The third-order valence-corrected chi connectivity index (χ3v) is 7.50. The molecule has 2 aliphatic heterocycles. The first-order valence-corrected chi connectivity index (χ1v) is 13.3. The number of aromatic nitrogens is 2. The van der Waals surface area contributed by atoms with Crippen molar-refractivity contribution in [2.24, 2.45) is 0 Å². The molecule has 206 valence electrons. The fourth-order valence-corrected chi connectivity index (χ4v) is 4.84. The maximum Gasteiger partial charge on any atom is 0.255 e. The Labute approximate surface area is 235 Å². The Morgan fingerprint density at radius 1 is 1.05 bits per heavy atom. The number of hydrazine groups is 2. The van der Waals surface area contributed by atoms with Crippen LogP contribution in [-0.4, -0.2) is 66.1 Å². The second-order valence-corrected chi connectivity index (χ2v) is 10.9. The molecule has 3 aromatic rings. The van der Waals surface area contributed by atoms with Gasteiger partial charge < -0.3 is 15.1 Å². The Bertz CT molecular complexity index is 1470. The highest BCUT2D eigenvalue weighted by atomic mass is 16.1. The highest BCUT2D eigenvalue weighted by molar-refractivity contribution is 6.05. The maximum absolute atomic E-state index is 13.6. The van der Waals surface area contributed by atoms with E-state index in [1.165, 1.54) is 6.33 Å². The zero-order valence-corrected chi connectivity index (χ0v) is 23.6. The fourth-order valence-electron chi connectivity index (χ4n) is 4.84. The summed E-state index contributed by atoms with van der Waals surface area (Å²) in [4.78, 5) is 26.4. The lowest BCUT2D eigenvalue weighted by Crippen LogP contribution is -2.44. The average Bonchev–Trinajstić information content (AvgIpc) is 3.35. The lowest BCUT2D eigenvalue weighted by molar-refractivity contribution is 0.102. The Morgan fingerprint density at radius 3 is 2.48 bits per heavy atom. The number of nitriles is 1. The molecule has 10 nitrogen and oxygen atoms in total. The van der Waals surface area contributed by atoms with Crippen molar-refractivity contribution in [3.63, 3.8) is 0 Å². The van der Waals surface area contributed by atoms with E-state index in [1.54, 1.807) is 12.4 Å². The molecule has 0 aliphatic carbocycles. The summed E-state index contributed by atoms with van der Waals surface area (Å²) >= 11 is 0. The van der Waals surface area contributed by atoms with Gasteiger partial charge in [0.2, 0.25) is 0 Å². The molecule has 0 spiro atoms. The van der Waals surface area contributed by atoms with E-state index in [0.29, 0.717) is 11.3 Å². The summed E-state index contributed by atoms with van der Waals surface area (Å²) in [5.74, 6) is -0.218. The molecular weight excluding hydrogens is 502 g/mol. The number of nitrogens with one attached hydrogen (secondary N) is 2. The quantitative estimate of drug-likeness (QED) is 0.486. The number of likely N-dealkylation sites (N-methyl/N-ethyl adjacent to an activating group) is 1. The summed E-state index contributed by atoms with van der Waals surface area (Å²) in [6.07, 6.45) is 7.01. The van der Waals surface area contributed by atoms with E-state index in [0.717, 1.165) is 59.9 Å². The van der Waals surface area contributed by atoms with E-state index in [9.17, 15) is 10.1 Å². The maximum atomic E-state index is 13.6. The monoisotopic (exact) mass is 537 g/mol. The minimum absolute atomic E-state index is 0.218. The van der Waals surface area contributed by atoms with Gasteiger partial charge in [-0.2, -0.15) is 5.26 Å². The van der Waals surface area contributed by atoms with Crippen molar-refractivity contribution >= 4 is 28.7 Å². The van der Waals surface area contributed by atoms with Crippen LogP contribution in [-0.2, 0) is 5.41 Å². The van der Waals surface area contributed by atoms with Gasteiger partial charge in [0.1, 0.15) is 6.33 Å². The molecule has 40 heavy (non-hydrogen) atoms. The van der Waals surface area contributed by atoms with Gasteiger partial charge >= 0.3 is 0 Å². The predicted molar refractivity (Wildman–Crippen MR) is 157 cm³/mol. The standard InChI is InChI=1S/C30H35N9O/c1-21-6-7-25(15-27(21)39-18-28(37(5)35-39)23-16-32-20-33-17-23)34-29(40)22-12-24(30(2,3)19-31)14-26(13-22)38-10-8-36(4)9-11-38/h6-7,12-18,20,35H,8-11H2,1-5H3,(H,34,40). The highest BCUT2D eigenvalue weighted by Crippen LogP contribution is 2.31. The minimum atomic E-state index is -0.726. The zero-order valence-electron chi connectivity index (χ0n) is 23.6. The number of carbonyl (C=O) groups is 1. The van der Waals surface area contributed by atoms with Crippen LogP contribution < -0.4 is 20.8 Å². The van der Waals surface area contributed by atoms with E-state index in [-0.39, 0.29) is 5.91 Å². The van der Waals surface area contributed by atoms with Gasteiger partial charge in [0.15, 0.2) is 0 Å². The number of carbonyl (C=O) groups excluding carboxylic acids is 1. The molecule has 2 aromatic carbocycles. The predicted octanol–water partition coefficient (Wildman–Crippen LogP) is 3.76. The molecule has 0 radical (unpaired) electrons. The molecule has 10 heteroatoms. The van der Waals surface area contributed by atoms with E-state index in [2.05, 4.69) is 43.7 Å². The second kappa shape index (κ2) is 11.0. The summed E-state index contributed by atoms with van der Waals surface area (Å²) in [5, 5.41) is 16.7. The van der Waals surface area contributed by atoms with Crippen LogP contribution in [0.2, 0.25) is 0 Å². The first-order chi connectivity index (χ1) is 19.1. The molecule has 5 rings (SSSR count). The van der Waals surface area contributed by atoms with Crippen LogP contribution in [0.1, 0.15) is 40.9 Å². The van der Waals surface area contributed by atoms with Crippen LogP contribution in [0.3, 0.4) is 0 Å². The van der Waals surface area contributed by atoms with Crippen LogP contribution in [0, 0.1) is 18.3 Å². The van der Waals surface area contributed by atoms with Gasteiger partial charge in [0, 0.05) is 74.3 Å². The smallest absolute Gasteiger partial charge is 0.255 e.